The summed E-state index contributed by atoms with van der Waals surface area (Å²) in [6, 6.07) is 15.2. The summed E-state index contributed by atoms with van der Waals surface area (Å²) in [6.07, 6.45) is 5.49. The minimum absolute atomic E-state index is 0.000462. The van der Waals surface area contributed by atoms with Gasteiger partial charge in [-0.25, -0.2) is 0 Å². The van der Waals surface area contributed by atoms with E-state index in [1.165, 1.54) is 0 Å². The molecule has 3 aromatic rings. The average Bonchev–Trinajstić information content (AvgIpc) is 2.89. The molecular formula is C19H17NO2. The molecule has 3 nitrogen and oxygen atoms in total. The number of rotatable bonds is 4. The SMILES string of the molecule is COc1ccc2c(c1)c(/C=C/C(=O)c1ccccc1)cn2C. The van der Waals surface area contributed by atoms with Crippen LogP contribution < -0.4 is 4.74 Å². The number of benzene rings is 2. The molecule has 0 spiro atoms. The molecule has 0 fully saturated rings. The summed E-state index contributed by atoms with van der Waals surface area (Å²) in [5.41, 5.74) is 2.80. The Morgan fingerprint density at radius 2 is 1.91 bits per heavy atom. The van der Waals surface area contributed by atoms with Gasteiger partial charge in [0.05, 0.1) is 7.11 Å². The van der Waals surface area contributed by atoms with Gasteiger partial charge in [0.25, 0.3) is 0 Å². The van der Waals surface area contributed by atoms with Crippen LogP contribution in [0.25, 0.3) is 17.0 Å². The van der Waals surface area contributed by atoms with E-state index in [1.54, 1.807) is 13.2 Å². The van der Waals surface area contributed by atoms with Crippen molar-refractivity contribution in [2.45, 2.75) is 0 Å². The van der Waals surface area contributed by atoms with Gasteiger partial charge in [0, 0.05) is 35.3 Å². The van der Waals surface area contributed by atoms with Crippen molar-refractivity contribution < 1.29 is 9.53 Å². The molecule has 22 heavy (non-hydrogen) atoms. The summed E-state index contributed by atoms with van der Waals surface area (Å²) in [5.74, 6) is 0.809. The molecule has 0 radical (unpaired) electrons. The number of ketones is 1. The van der Waals surface area contributed by atoms with Crippen LogP contribution >= 0.6 is 0 Å². The Balaban J connectivity index is 1.96. The maximum atomic E-state index is 12.2. The van der Waals surface area contributed by atoms with Crippen molar-refractivity contribution in [1.82, 2.24) is 4.57 Å². The second-order valence-corrected chi connectivity index (χ2v) is 5.14. The van der Waals surface area contributed by atoms with Crippen LogP contribution in [-0.2, 0) is 7.05 Å². The number of carbonyl (C=O) groups is 1. The average molecular weight is 291 g/mol. The topological polar surface area (TPSA) is 31.2 Å². The normalized spacial score (nSPS) is 11.2. The van der Waals surface area contributed by atoms with Gasteiger partial charge in [-0.2, -0.15) is 0 Å². The van der Waals surface area contributed by atoms with Crippen LogP contribution in [-0.4, -0.2) is 17.5 Å². The standard InChI is InChI=1S/C19H17NO2/c1-20-13-15(17-12-16(22-2)9-10-18(17)20)8-11-19(21)14-6-4-3-5-7-14/h3-13H,1-2H3/b11-8+. The number of hydrogen-bond acceptors (Lipinski definition) is 2. The van der Waals surface area contributed by atoms with Crippen LogP contribution in [0.3, 0.4) is 0 Å². The molecule has 0 saturated heterocycles. The van der Waals surface area contributed by atoms with Crippen LogP contribution in [0.2, 0.25) is 0 Å². The Hall–Kier alpha value is -2.81. The molecule has 0 N–H and O–H groups in total. The number of allylic oxidation sites excluding steroid dienone is 1. The minimum Gasteiger partial charge on any atom is -0.497 e. The highest BCUT2D eigenvalue weighted by Gasteiger charge is 2.06. The van der Waals surface area contributed by atoms with E-state index in [1.807, 2.05) is 72.4 Å². The lowest BCUT2D eigenvalue weighted by Gasteiger charge is -2.00. The van der Waals surface area contributed by atoms with Gasteiger partial charge in [-0.05, 0) is 30.4 Å². The Bertz CT molecular complexity index is 845. The van der Waals surface area contributed by atoms with Gasteiger partial charge in [0.15, 0.2) is 5.78 Å². The van der Waals surface area contributed by atoms with Gasteiger partial charge in [-0.1, -0.05) is 30.3 Å². The maximum absolute atomic E-state index is 12.2. The van der Waals surface area contributed by atoms with Crippen molar-refractivity contribution in [3.63, 3.8) is 0 Å². The van der Waals surface area contributed by atoms with E-state index in [4.69, 9.17) is 4.74 Å². The summed E-state index contributed by atoms with van der Waals surface area (Å²) in [7, 11) is 3.64. The highest BCUT2D eigenvalue weighted by molar-refractivity contribution is 6.07. The van der Waals surface area contributed by atoms with Gasteiger partial charge in [-0.15, -0.1) is 0 Å². The van der Waals surface area contributed by atoms with Gasteiger partial charge in [-0.3, -0.25) is 4.79 Å². The number of carbonyl (C=O) groups excluding carboxylic acids is 1. The van der Waals surface area contributed by atoms with Gasteiger partial charge in [0.1, 0.15) is 5.75 Å². The third kappa shape index (κ3) is 2.66. The van der Waals surface area contributed by atoms with Crippen molar-refractivity contribution in [3.8, 4) is 5.75 Å². The zero-order valence-electron chi connectivity index (χ0n) is 12.6. The maximum Gasteiger partial charge on any atom is 0.185 e. The van der Waals surface area contributed by atoms with Crippen molar-refractivity contribution in [1.29, 1.82) is 0 Å². The molecule has 1 aromatic heterocycles. The minimum atomic E-state index is 0.000462. The van der Waals surface area contributed by atoms with Gasteiger partial charge in [0.2, 0.25) is 0 Å². The summed E-state index contributed by atoms with van der Waals surface area (Å²) < 4.78 is 7.32. The summed E-state index contributed by atoms with van der Waals surface area (Å²) >= 11 is 0. The molecule has 0 bridgehead atoms. The number of hydrogen-bond donors (Lipinski definition) is 0. The van der Waals surface area contributed by atoms with Crippen molar-refractivity contribution >= 4 is 22.8 Å². The predicted octanol–water partition coefficient (Wildman–Crippen LogP) is 4.08. The van der Waals surface area contributed by atoms with Gasteiger partial charge < -0.3 is 9.30 Å². The van der Waals surface area contributed by atoms with E-state index in [2.05, 4.69) is 0 Å². The summed E-state index contributed by atoms with van der Waals surface area (Å²) in [4.78, 5) is 12.2. The van der Waals surface area contributed by atoms with Crippen LogP contribution in [0.5, 0.6) is 5.75 Å². The molecule has 0 atom stereocenters. The molecule has 2 aromatic carbocycles. The van der Waals surface area contributed by atoms with Crippen LogP contribution in [0.15, 0.2) is 60.8 Å². The number of ether oxygens (including phenoxy) is 1. The zero-order valence-corrected chi connectivity index (χ0v) is 12.6. The lowest BCUT2D eigenvalue weighted by Crippen LogP contribution is -1.92. The predicted molar refractivity (Wildman–Crippen MR) is 89.3 cm³/mol. The molecule has 0 aliphatic carbocycles. The molecular weight excluding hydrogens is 274 g/mol. The molecule has 3 rings (SSSR count). The first-order chi connectivity index (χ1) is 10.7. The Morgan fingerprint density at radius 3 is 2.64 bits per heavy atom. The van der Waals surface area contributed by atoms with E-state index in [9.17, 15) is 4.79 Å². The van der Waals surface area contributed by atoms with E-state index in [0.717, 1.165) is 22.2 Å². The Kier molecular flexibility index (Phi) is 3.79. The van der Waals surface area contributed by atoms with Crippen LogP contribution in [0, 0.1) is 0 Å². The molecule has 3 heteroatoms. The number of aromatic nitrogens is 1. The largest absolute Gasteiger partial charge is 0.497 e. The second-order valence-electron chi connectivity index (χ2n) is 5.14. The Morgan fingerprint density at radius 1 is 1.14 bits per heavy atom. The lowest BCUT2D eigenvalue weighted by atomic mass is 10.1. The van der Waals surface area contributed by atoms with Gasteiger partial charge >= 0.3 is 0 Å². The van der Waals surface area contributed by atoms with E-state index in [-0.39, 0.29) is 5.78 Å². The summed E-state index contributed by atoms with van der Waals surface area (Å²) in [5, 5.41) is 1.07. The monoisotopic (exact) mass is 291 g/mol. The zero-order chi connectivity index (χ0) is 15.5. The first kappa shape index (κ1) is 14.1. The number of methoxy groups -OCH3 is 1. The van der Waals surface area contributed by atoms with Crippen LogP contribution in [0.1, 0.15) is 15.9 Å². The van der Waals surface area contributed by atoms with E-state index >= 15 is 0 Å². The first-order valence-electron chi connectivity index (χ1n) is 7.09. The van der Waals surface area contributed by atoms with Crippen molar-refractivity contribution in [2.24, 2.45) is 7.05 Å². The number of nitrogens with zero attached hydrogens (tertiary/aromatic N) is 1. The Labute approximate surface area is 129 Å². The number of aryl methyl sites for hydroxylation is 1. The molecule has 110 valence electrons. The smallest absolute Gasteiger partial charge is 0.185 e. The quantitative estimate of drug-likeness (QED) is 0.535. The van der Waals surface area contributed by atoms with Crippen molar-refractivity contribution in [2.75, 3.05) is 7.11 Å². The van der Waals surface area contributed by atoms with Crippen molar-refractivity contribution in [3.05, 3.63) is 71.9 Å². The molecule has 0 unspecified atom stereocenters. The molecule has 1 heterocycles. The van der Waals surface area contributed by atoms with E-state index < -0.39 is 0 Å². The highest BCUT2D eigenvalue weighted by Crippen LogP contribution is 2.26. The number of fused-ring (bicyclic) bond motifs is 1. The third-order valence-electron chi connectivity index (χ3n) is 3.70. The fourth-order valence-corrected chi connectivity index (χ4v) is 2.53. The molecule has 0 aliphatic rings. The fraction of sp³-hybridized carbons (Fsp3) is 0.105. The second kappa shape index (κ2) is 5.90. The van der Waals surface area contributed by atoms with Crippen LogP contribution in [0.4, 0.5) is 0 Å². The molecule has 0 amide bonds. The lowest BCUT2D eigenvalue weighted by molar-refractivity contribution is 0.104. The van der Waals surface area contributed by atoms with E-state index in [0.29, 0.717) is 5.56 Å². The fourth-order valence-electron chi connectivity index (χ4n) is 2.53. The summed E-state index contributed by atoms with van der Waals surface area (Å²) in [6.45, 7) is 0. The highest BCUT2D eigenvalue weighted by atomic mass is 16.5. The first-order valence-corrected chi connectivity index (χ1v) is 7.09. The molecule has 0 saturated carbocycles. The molecule has 0 aliphatic heterocycles. The third-order valence-corrected chi connectivity index (χ3v) is 3.70.